The second-order valence-electron chi connectivity index (χ2n) is 4.85. The lowest BCUT2D eigenvalue weighted by Crippen LogP contribution is -2.41. The topological polar surface area (TPSA) is 48.0 Å². The number of methoxy groups -OCH3 is 2. The number of carbonyl (C=O) groups is 1. The van der Waals surface area contributed by atoms with Crippen LogP contribution in [0, 0.1) is 0 Å². The van der Waals surface area contributed by atoms with E-state index in [4.69, 9.17) is 14.2 Å². The van der Waals surface area contributed by atoms with Crippen LogP contribution in [-0.4, -0.2) is 39.1 Å². The number of aryl methyl sites for hydroxylation is 1. The number of carbonyl (C=O) groups excluding carboxylic acids is 1. The first-order valence-corrected chi connectivity index (χ1v) is 6.40. The van der Waals surface area contributed by atoms with Crippen molar-refractivity contribution in [2.75, 3.05) is 25.7 Å². The molecule has 5 heteroatoms. The molecular formula is C14H17NO4. The summed E-state index contributed by atoms with van der Waals surface area (Å²) < 4.78 is 15.7. The standard InChI is InChI=1S/C14H17NO4/c1-17-8-13-12-5-3-9-7-10(18-2)4-6-11(9)15(12)14(16)19-13/h4,6-7,12-13H,3,5,8H2,1-2H3. The van der Waals surface area contributed by atoms with Gasteiger partial charge in [0.2, 0.25) is 0 Å². The van der Waals surface area contributed by atoms with E-state index in [2.05, 4.69) is 0 Å². The predicted molar refractivity (Wildman–Crippen MR) is 69.7 cm³/mol. The summed E-state index contributed by atoms with van der Waals surface area (Å²) >= 11 is 0. The summed E-state index contributed by atoms with van der Waals surface area (Å²) in [4.78, 5) is 13.8. The molecule has 1 aromatic rings. The average molecular weight is 263 g/mol. The molecule has 0 aliphatic carbocycles. The third kappa shape index (κ3) is 1.94. The van der Waals surface area contributed by atoms with Gasteiger partial charge in [0.25, 0.3) is 0 Å². The van der Waals surface area contributed by atoms with Gasteiger partial charge in [0.05, 0.1) is 25.4 Å². The molecule has 2 unspecified atom stereocenters. The zero-order valence-corrected chi connectivity index (χ0v) is 11.1. The fourth-order valence-corrected chi connectivity index (χ4v) is 2.90. The highest BCUT2D eigenvalue weighted by atomic mass is 16.6. The Morgan fingerprint density at radius 1 is 1.42 bits per heavy atom. The van der Waals surface area contributed by atoms with E-state index in [0.29, 0.717) is 6.61 Å². The quantitative estimate of drug-likeness (QED) is 0.836. The SMILES string of the molecule is COCC1OC(=O)N2c3ccc(OC)cc3CCC12. The Balaban J connectivity index is 1.94. The minimum absolute atomic E-state index is 0.0772. The van der Waals surface area contributed by atoms with Crippen LogP contribution in [0.4, 0.5) is 10.5 Å². The molecule has 5 nitrogen and oxygen atoms in total. The summed E-state index contributed by atoms with van der Waals surface area (Å²) in [7, 11) is 3.27. The fourth-order valence-electron chi connectivity index (χ4n) is 2.90. The summed E-state index contributed by atoms with van der Waals surface area (Å²) in [5.74, 6) is 0.818. The van der Waals surface area contributed by atoms with Crippen molar-refractivity contribution in [1.82, 2.24) is 0 Å². The molecule has 1 fully saturated rings. The normalized spacial score (nSPS) is 24.7. The maximum Gasteiger partial charge on any atom is 0.415 e. The number of hydrogen-bond donors (Lipinski definition) is 0. The number of benzene rings is 1. The largest absolute Gasteiger partial charge is 0.497 e. The first-order chi connectivity index (χ1) is 9.24. The number of nitrogens with zero attached hydrogens (tertiary/aromatic N) is 1. The Hall–Kier alpha value is -1.75. The minimum atomic E-state index is -0.279. The molecule has 19 heavy (non-hydrogen) atoms. The lowest BCUT2D eigenvalue weighted by Gasteiger charge is -2.31. The molecule has 102 valence electrons. The summed E-state index contributed by atoms with van der Waals surface area (Å²) in [5.41, 5.74) is 2.06. The molecule has 0 aromatic heterocycles. The fraction of sp³-hybridized carbons (Fsp3) is 0.500. The van der Waals surface area contributed by atoms with Crippen molar-refractivity contribution in [3.8, 4) is 5.75 Å². The number of anilines is 1. The van der Waals surface area contributed by atoms with Gasteiger partial charge in [0.1, 0.15) is 11.9 Å². The molecular weight excluding hydrogens is 246 g/mol. The molecule has 1 aromatic carbocycles. The summed E-state index contributed by atoms with van der Waals surface area (Å²) in [6.45, 7) is 0.443. The Bertz CT molecular complexity index is 502. The minimum Gasteiger partial charge on any atom is -0.497 e. The summed E-state index contributed by atoms with van der Waals surface area (Å²) in [6, 6.07) is 5.87. The van der Waals surface area contributed by atoms with Crippen molar-refractivity contribution in [3.63, 3.8) is 0 Å². The molecule has 2 aliphatic heterocycles. The maximum absolute atomic E-state index is 12.0. The Morgan fingerprint density at radius 2 is 2.26 bits per heavy atom. The van der Waals surface area contributed by atoms with Crippen LogP contribution in [0.3, 0.4) is 0 Å². The van der Waals surface area contributed by atoms with Crippen LogP contribution in [0.1, 0.15) is 12.0 Å². The van der Waals surface area contributed by atoms with E-state index in [1.807, 2.05) is 18.2 Å². The van der Waals surface area contributed by atoms with Crippen LogP contribution in [0.15, 0.2) is 18.2 Å². The lowest BCUT2D eigenvalue weighted by atomic mass is 9.94. The summed E-state index contributed by atoms with van der Waals surface area (Å²) in [6.07, 6.45) is 1.36. The van der Waals surface area contributed by atoms with Gasteiger partial charge in [-0.05, 0) is 36.6 Å². The van der Waals surface area contributed by atoms with Crippen molar-refractivity contribution < 1.29 is 19.0 Å². The predicted octanol–water partition coefficient (Wildman–Crippen LogP) is 1.98. The van der Waals surface area contributed by atoms with Gasteiger partial charge >= 0.3 is 6.09 Å². The number of hydrogen-bond acceptors (Lipinski definition) is 4. The highest BCUT2D eigenvalue weighted by molar-refractivity contribution is 5.92. The maximum atomic E-state index is 12.0. The molecule has 0 spiro atoms. The van der Waals surface area contributed by atoms with E-state index in [9.17, 15) is 4.79 Å². The highest BCUT2D eigenvalue weighted by Crippen LogP contribution is 2.38. The zero-order chi connectivity index (χ0) is 13.4. The number of rotatable bonds is 3. The average Bonchev–Trinajstić information content (AvgIpc) is 2.75. The summed E-state index contributed by atoms with van der Waals surface area (Å²) in [5, 5.41) is 0. The van der Waals surface area contributed by atoms with E-state index in [0.717, 1.165) is 29.8 Å². The van der Waals surface area contributed by atoms with E-state index in [1.54, 1.807) is 19.1 Å². The molecule has 2 aliphatic rings. The van der Waals surface area contributed by atoms with Crippen LogP contribution in [0.25, 0.3) is 0 Å². The Morgan fingerprint density at radius 3 is 3.00 bits per heavy atom. The molecule has 0 N–H and O–H groups in total. The van der Waals surface area contributed by atoms with Crippen LogP contribution in [-0.2, 0) is 15.9 Å². The van der Waals surface area contributed by atoms with Crippen molar-refractivity contribution in [3.05, 3.63) is 23.8 Å². The number of cyclic esters (lactones) is 1. The van der Waals surface area contributed by atoms with Crippen molar-refractivity contribution in [1.29, 1.82) is 0 Å². The van der Waals surface area contributed by atoms with E-state index in [-0.39, 0.29) is 18.2 Å². The molecule has 1 saturated heterocycles. The van der Waals surface area contributed by atoms with Gasteiger partial charge in [-0.1, -0.05) is 0 Å². The third-order valence-corrected chi connectivity index (χ3v) is 3.80. The van der Waals surface area contributed by atoms with E-state index in [1.165, 1.54) is 0 Å². The van der Waals surface area contributed by atoms with Gasteiger partial charge in [-0.2, -0.15) is 0 Å². The smallest absolute Gasteiger partial charge is 0.415 e. The molecule has 0 radical (unpaired) electrons. The van der Waals surface area contributed by atoms with Crippen molar-refractivity contribution in [2.45, 2.75) is 25.0 Å². The van der Waals surface area contributed by atoms with Gasteiger partial charge in [0, 0.05) is 7.11 Å². The van der Waals surface area contributed by atoms with E-state index >= 15 is 0 Å². The van der Waals surface area contributed by atoms with Gasteiger partial charge < -0.3 is 14.2 Å². The van der Waals surface area contributed by atoms with Crippen molar-refractivity contribution >= 4 is 11.8 Å². The molecule has 0 bridgehead atoms. The number of fused-ring (bicyclic) bond motifs is 3. The molecule has 2 heterocycles. The van der Waals surface area contributed by atoms with Gasteiger partial charge in [-0.3, -0.25) is 4.90 Å². The van der Waals surface area contributed by atoms with Crippen LogP contribution in [0.2, 0.25) is 0 Å². The lowest BCUT2D eigenvalue weighted by molar-refractivity contribution is 0.0580. The Labute approximate surface area is 112 Å². The number of amides is 1. The van der Waals surface area contributed by atoms with Crippen molar-refractivity contribution in [2.24, 2.45) is 0 Å². The van der Waals surface area contributed by atoms with Crippen LogP contribution in [0.5, 0.6) is 5.75 Å². The van der Waals surface area contributed by atoms with E-state index < -0.39 is 0 Å². The van der Waals surface area contributed by atoms with Gasteiger partial charge in [0.15, 0.2) is 0 Å². The van der Waals surface area contributed by atoms with Crippen LogP contribution < -0.4 is 9.64 Å². The second-order valence-corrected chi connectivity index (χ2v) is 4.85. The first-order valence-electron chi connectivity index (χ1n) is 6.40. The molecule has 0 saturated carbocycles. The van der Waals surface area contributed by atoms with Gasteiger partial charge in [-0.15, -0.1) is 0 Å². The second kappa shape index (κ2) is 4.74. The third-order valence-electron chi connectivity index (χ3n) is 3.80. The molecule has 3 rings (SSSR count). The monoisotopic (exact) mass is 263 g/mol. The van der Waals surface area contributed by atoms with Crippen LogP contribution >= 0.6 is 0 Å². The zero-order valence-electron chi connectivity index (χ0n) is 11.1. The highest BCUT2D eigenvalue weighted by Gasteiger charge is 2.45. The van der Waals surface area contributed by atoms with Gasteiger partial charge in [-0.25, -0.2) is 4.79 Å². The molecule has 1 amide bonds. The number of ether oxygens (including phenoxy) is 3. The molecule has 2 atom stereocenters. The first kappa shape index (κ1) is 12.3. The Kier molecular flexibility index (Phi) is 3.06.